The molecule has 4 nitrogen and oxygen atoms in total. The first kappa shape index (κ1) is 6.84. The van der Waals surface area contributed by atoms with Gasteiger partial charge in [0.25, 0.3) is 0 Å². The Bertz CT molecular complexity index is 383. The van der Waals surface area contributed by atoms with Crippen molar-refractivity contribution in [2.24, 2.45) is 0 Å². The first-order valence-electron chi connectivity index (χ1n) is 3.53. The third kappa shape index (κ3) is 1.03. The minimum atomic E-state index is 0.472. The van der Waals surface area contributed by atoms with Gasteiger partial charge in [-0.3, -0.25) is 0 Å². The molecule has 4 N–H and O–H groups in total. The maximum atomic E-state index is 5.54. The average Bonchev–Trinajstić information content (AvgIpc) is 2.05. The third-order valence-corrected chi connectivity index (χ3v) is 1.58. The number of anilines is 2. The number of aromatic nitrogens is 2. The molecule has 2 aromatic heterocycles. The molecule has 0 unspecified atom stereocenters. The third-order valence-electron chi connectivity index (χ3n) is 1.58. The monoisotopic (exact) mass is 160 g/mol. The lowest BCUT2D eigenvalue weighted by atomic mass is 10.3. The molecule has 0 fully saturated rings. The highest BCUT2D eigenvalue weighted by Crippen LogP contribution is 2.13. The van der Waals surface area contributed by atoms with E-state index in [1.807, 2.05) is 12.1 Å². The number of nitrogens with zero attached hydrogens (tertiary/aromatic N) is 2. The molecule has 2 rings (SSSR count). The summed E-state index contributed by atoms with van der Waals surface area (Å²) in [6.07, 6.45) is 1.56. The maximum Gasteiger partial charge on any atom is 0.161 e. The van der Waals surface area contributed by atoms with E-state index in [0.717, 1.165) is 5.39 Å². The average molecular weight is 160 g/mol. The van der Waals surface area contributed by atoms with Crippen molar-refractivity contribution in [3.63, 3.8) is 0 Å². The van der Waals surface area contributed by atoms with Crippen LogP contribution in [-0.2, 0) is 0 Å². The van der Waals surface area contributed by atoms with Gasteiger partial charge >= 0.3 is 0 Å². The molecule has 12 heavy (non-hydrogen) atoms. The highest BCUT2D eigenvalue weighted by Gasteiger charge is 1.96. The summed E-state index contributed by atoms with van der Waals surface area (Å²) in [5, 5.41) is 0.907. The van der Waals surface area contributed by atoms with E-state index in [0.29, 0.717) is 17.2 Å². The van der Waals surface area contributed by atoms with Crippen LogP contribution in [0, 0.1) is 0 Å². The maximum absolute atomic E-state index is 5.54. The van der Waals surface area contributed by atoms with Crippen LogP contribution in [0.5, 0.6) is 0 Å². The summed E-state index contributed by atoms with van der Waals surface area (Å²) in [7, 11) is 0. The van der Waals surface area contributed by atoms with Crippen LogP contribution < -0.4 is 11.5 Å². The molecule has 0 bridgehead atoms. The van der Waals surface area contributed by atoms with Gasteiger partial charge in [-0.15, -0.1) is 0 Å². The zero-order valence-corrected chi connectivity index (χ0v) is 6.36. The van der Waals surface area contributed by atoms with Gasteiger partial charge in [-0.2, -0.15) is 0 Å². The fourth-order valence-electron chi connectivity index (χ4n) is 1.04. The number of hydrogen-bond acceptors (Lipinski definition) is 4. The topological polar surface area (TPSA) is 77.8 Å². The molecule has 2 aromatic rings. The molecule has 60 valence electrons. The molecular weight excluding hydrogens is 152 g/mol. The van der Waals surface area contributed by atoms with E-state index in [1.165, 1.54) is 0 Å². The predicted octanol–water partition coefficient (Wildman–Crippen LogP) is 0.794. The summed E-state index contributed by atoms with van der Waals surface area (Å²) in [6, 6.07) is 5.39. The lowest BCUT2D eigenvalue weighted by molar-refractivity contribution is 1.29. The summed E-state index contributed by atoms with van der Waals surface area (Å²) in [5.41, 5.74) is 12.3. The highest BCUT2D eigenvalue weighted by molar-refractivity contribution is 5.78. The summed E-state index contributed by atoms with van der Waals surface area (Å²) >= 11 is 0. The molecule has 0 saturated carbocycles. The van der Waals surface area contributed by atoms with Gasteiger partial charge in [0.15, 0.2) is 5.65 Å². The molecule has 0 spiro atoms. The second-order valence-electron chi connectivity index (χ2n) is 2.55. The van der Waals surface area contributed by atoms with Gasteiger partial charge in [0.2, 0.25) is 0 Å². The summed E-state index contributed by atoms with van der Waals surface area (Å²) in [6.45, 7) is 0. The quantitative estimate of drug-likeness (QED) is 0.597. The molecule has 0 aromatic carbocycles. The fourth-order valence-corrected chi connectivity index (χ4v) is 1.04. The Hall–Kier alpha value is -1.84. The van der Waals surface area contributed by atoms with E-state index < -0.39 is 0 Å². The van der Waals surface area contributed by atoms with Gasteiger partial charge in [-0.05, 0) is 18.2 Å². The zero-order valence-electron chi connectivity index (χ0n) is 6.36. The largest absolute Gasteiger partial charge is 0.397 e. The van der Waals surface area contributed by atoms with E-state index in [2.05, 4.69) is 9.97 Å². The second-order valence-corrected chi connectivity index (χ2v) is 2.55. The molecule has 0 amide bonds. The van der Waals surface area contributed by atoms with Crippen LogP contribution in [-0.4, -0.2) is 9.97 Å². The fraction of sp³-hybridized carbons (Fsp3) is 0. The van der Waals surface area contributed by atoms with E-state index in [1.54, 1.807) is 12.3 Å². The Kier molecular flexibility index (Phi) is 1.33. The van der Waals surface area contributed by atoms with Gasteiger partial charge in [0, 0.05) is 5.39 Å². The molecule has 2 heterocycles. The van der Waals surface area contributed by atoms with Crippen molar-refractivity contribution in [3.05, 3.63) is 24.4 Å². The number of nitrogens with two attached hydrogens (primary N) is 2. The van der Waals surface area contributed by atoms with Crippen molar-refractivity contribution < 1.29 is 0 Å². The van der Waals surface area contributed by atoms with Gasteiger partial charge in [-0.1, -0.05) is 0 Å². The normalized spacial score (nSPS) is 10.3. The second kappa shape index (κ2) is 2.34. The number of pyridine rings is 2. The SMILES string of the molecule is Nc1cnc2nc(N)ccc2c1. The van der Waals surface area contributed by atoms with Crippen molar-refractivity contribution in [2.45, 2.75) is 0 Å². The number of nitrogen functional groups attached to an aromatic ring is 2. The van der Waals surface area contributed by atoms with Crippen LogP contribution in [0.1, 0.15) is 0 Å². The Balaban J connectivity index is 2.79. The molecule has 0 aliphatic heterocycles. The minimum absolute atomic E-state index is 0.472. The van der Waals surface area contributed by atoms with Crippen molar-refractivity contribution >= 4 is 22.5 Å². The van der Waals surface area contributed by atoms with Gasteiger partial charge in [0.1, 0.15) is 5.82 Å². The van der Waals surface area contributed by atoms with Gasteiger partial charge in [-0.25, -0.2) is 9.97 Å². The molecule has 0 aliphatic carbocycles. The zero-order chi connectivity index (χ0) is 8.55. The Labute approximate surface area is 69.2 Å². The lowest BCUT2D eigenvalue weighted by Crippen LogP contribution is -1.93. The number of rotatable bonds is 0. The van der Waals surface area contributed by atoms with Crippen molar-refractivity contribution in [3.8, 4) is 0 Å². The van der Waals surface area contributed by atoms with Gasteiger partial charge in [0.05, 0.1) is 11.9 Å². The van der Waals surface area contributed by atoms with E-state index >= 15 is 0 Å². The van der Waals surface area contributed by atoms with E-state index in [-0.39, 0.29) is 0 Å². The summed E-state index contributed by atoms with van der Waals surface area (Å²) in [4.78, 5) is 8.05. The number of fused-ring (bicyclic) bond motifs is 1. The van der Waals surface area contributed by atoms with Crippen molar-refractivity contribution in [1.29, 1.82) is 0 Å². The lowest BCUT2D eigenvalue weighted by Gasteiger charge is -1.97. The van der Waals surface area contributed by atoms with E-state index in [9.17, 15) is 0 Å². The van der Waals surface area contributed by atoms with Crippen molar-refractivity contribution in [2.75, 3.05) is 11.5 Å². The Morgan fingerprint density at radius 3 is 2.83 bits per heavy atom. The van der Waals surface area contributed by atoms with E-state index in [4.69, 9.17) is 11.5 Å². The molecule has 0 radical (unpaired) electrons. The first-order chi connectivity index (χ1) is 5.75. The minimum Gasteiger partial charge on any atom is -0.397 e. The molecule has 0 saturated heterocycles. The Morgan fingerprint density at radius 1 is 1.17 bits per heavy atom. The van der Waals surface area contributed by atoms with Crippen LogP contribution >= 0.6 is 0 Å². The molecule has 4 heteroatoms. The Morgan fingerprint density at radius 2 is 2.00 bits per heavy atom. The van der Waals surface area contributed by atoms with Gasteiger partial charge < -0.3 is 11.5 Å². The van der Waals surface area contributed by atoms with Crippen LogP contribution in [0.25, 0.3) is 11.0 Å². The van der Waals surface area contributed by atoms with Crippen LogP contribution in [0.4, 0.5) is 11.5 Å². The van der Waals surface area contributed by atoms with Crippen LogP contribution in [0.15, 0.2) is 24.4 Å². The first-order valence-corrected chi connectivity index (χ1v) is 3.53. The highest BCUT2D eigenvalue weighted by atomic mass is 14.9. The number of hydrogen-bond donors (Lipinski definition) is 2. The summed E-state index contributed by atoms with van der Waals surface area (Å²) in [5.74, 6) is 0.472. The predicted molar refractivity (Wildman–Crippen MR) is 48.4 cm³/mol. The van der Waals surface area contributed by atoms with Crippen LogP contribution in [0.2, 0.25) is 0 Å². The van der Waals surface area contributed by atoms with Crippen molar-refractivity contribution in [1.82, 2.24) is 9.97 Å². The molecular formula is C8H8N4. The summed E-state index contributed by atoms with van der Waals surface area (Å²) < 4.78 is 0. The molecule has 0 aliphatic rings. The molecule has 0 atom stereocenters. The standard InChI is InChI=1S/C8H8N4/c9-6-3-5-1-2-7(10)12-8(5)11-4-6/h1-4H,9H2,(H2,10,11,12). The smallest absolute Gasteiger partial charge is 0.161 e. The van der Waals surface area contributed by atoms with Crippen LogP contribution in [0.3, 0.4) is 0 Å².